The lowest BCUT2D eigenvalue weighted by Gasteiger charge is -2.35. The Morgan fingerprint density at radius 1 is 1.00 bits per heavy atom. The molecule has 7 rings (SSSR count). The van der Waals surface area contributed by atoms with Crippen molar-refractivity contribution in [1.29, 1.82) is 0 Å². The highest BCUT2D eigenvalue weighted by Gasteiger charge is 2.61. The smallest absolute Gasteiger partial charge is 0.410 e. The fourth-order valence-electron chi connectivity index (χ4n) is 8.31. The third-order valence-electron chi connectivity index (χ3n) is 11.7. The standard InChI is InChI=1S/C37H49N5O8S/c1-23-19-37(23,35(46)40-51(48,49)28-16-17-28)39-33(44)30-18-27-21-42(30)34(45)32(25-11-6-4-7-12-25)38-31(43)15-8-3-2-5-10-24-13-9-14-26-20-41(22-29(24)26)36(47)50-27/h5,9-10,13-14,23,25,27-28,30,32H,2-4,6-8,11-12,15-22H2,1H3,(H,38,43)(H,39,44)(H,40,46)/b10-5+/t23-,27-,30+,32+,37+/m1/s1. The van der Waals surface area contributed by atoms with E-state index in [1.807, 2.05) is 18.2 Å². The van der Waals surface area contributed by atoms with Gasteiger partial charge in [-0.1, -0.05) is 56.5 Å². The molecule has 4 fully saturated rings. The van der Waals surface area contributed by atoms with Crippen LogP contribution < -0.4 is 15.4 Å². The Morgan fingerprint density at radius 2 is 1.76 bits per heavy atom. The van der Waals surface area contributed by atoms with Gasteiger partial charge in [-0.3, -0.25) is 28.8 Å². The van der Waals surface area contributed by atoms with E-state index in [1.165, 1.54) is 4.90 Å². The summed E-state index contributed by atoms with van der Waals surface area (Å²) >= 11 is 0. The highest BCUT2D eigenvalue weighted by Crippen LogP contribution is 2.44. The van der Waals surface area contributed by atoms with Crippen molar-refractivity contribution in [2.75, 3.05) is 6.54 Å². The van der Waals surface area contributed by atoms with Crippen LogP contribution in [0.25, 0.3) is 6.08 Å². The van der Waals surface area contributed by atoms with Gasteiger partial charge in [-0.25, -0.2) is 13.2 Å². The van der Waals surface area contributed by atoms with Crippen molar-refractivity contribution < 1.29 is 37.1 Å². The van der Waals surface area contributed by atoms with E-state index in [1.54, 1.807) is 11.8 Å². The van der Waals surface area contributed by atoms with Crippen molar-refractivity contribution in [2.24, 2.45) is 11.8 Å². The lowest BCUT2D eigenvalue weighted by atomic mass is 9.83. The Hall–Kier alpha value is -3.94. The van der Waals surface area contributed by atoms with Crippen LogP contribution in [0.4, 0.5) is 4.79 Å². The maximum atomic E-state index is 14.6. The van der Waals surface area contributed by atoms with Crippen molar-refractivity contribution in [1.82, 2.24) is 25.2 Å². The third kappa shape index (κ3) is 7.52. The van der Waals surface area contributed by atoms with Gasteiger partial charge >= 0.3 is 6.09 Å². The predicted molar refractivity (Wildman–Crippen MR) is 187 cm³/mol. The first-order valence-electron chi connectivity index (χ1n) is 18.7. The van der Waals surface area contributed by atoms with Crippen molar-refractivity contribution in [3.05, 3.63) is 41.0 Å². The van der Waals surface area contributed by atoms with E-state index in [-0.39, 0.29) is 43.6 Å². The Labute approximate surface area is 299 Å². The average Bonchev–Trinajstić information content (AvgIpc) is 3.97. The van der Waals surface area contributed by atoms with Gasteiger partial charge in [0, 0.05) is 19.4 Å². The number of nitrogens with one attached hydrogen (secondary N) is 3. The fourth-order valence-corrected chi connectivity index (χ4v) is 9.68. The molecule has 3 N–H and O–H groups in total. The molecule has 13 nitrogen and oxygen atoms in total. The van der Waals surface area contributed by atoms with Gasteiger partial charge < -0.3 is 20.3 Å². The molecule has 1 aromatic carbocycles. The van der Waals surface area contributed by atoms with Gasteiger partial charge in [-0.15, -0.1) is 0 Å². The molecule has 4 bridgehead atoms. The minimum atomic E-state index is -3.85. The largest absolute Gasteiger partial charge is 0.444 e. The first kappa shape index (κ1) is 35.5. The SMILES string of the molecule is C[C@@H]1C[C@@]1(NC(=O)[C@@H]1C[C@@H]2CN1C(=O)[C@H](C1CCCCC1)NC(=O)CCCC/C=C/c1cccc3c1CN(C3)C(=O)O2)C(=O)NS(=O)(=O)C1CC1. The summed E-state index contributed by atoms with van der Waals surface area (Å²) in [5.74, 6) is -2.46. The number of hydrogen-bond acceptors (Lipinski definition) is 8. The number of fused-ring (bicyclic) bond motifs is 3. The number of sulfonamides is 1. The molecular formula is C37H49N5O8S. The van der Waals surface area contributed by atoms with Crippen molar-refractivity contribution in [3.63, 3.8) is 0 Å². The molecule has 0 aromatic heterocycles. The summed E-state index contributed by atoms with van der Waals surface area (Å²) in [4.78, 5) is 72.1. The summed E-state index contributed by atoms with van der Waals surface area (Å²) in [7, 11) is -3.85. The molecule has 51 heavy (non-hydrogen) atoms. The monoisotopic (exact) mass is 723 g/mol. The molecular weight excluding hydrogens is 675 g/mol. The summed E-state index contributed by atoms with van der Waals surface area (Å²) < 4.78 is 33.4. The second kappa shape index (κ2) is 14.2. The highest BCUT2D eigenvalue weighted by atomic mass is 32.2. The first-order chi connectivity index (χ1) is 24.4. The molecule has 0 spiro atoms. The Balaban J connectivity index is 1.15. The summed E-state index contributed by atoms with van der Waals surface area (Å²) in [5.41, 5.74) is 1.67. The molecule has 5 atom stereocenters. The summed E-state index contributed by atoms with van der Waals surface area (Å²) in [5, 5.41) is 5.24. The number of carbonyl (C=O) groups is 5. The second-order valence-electron chi connectivity index (χ2n) is 15.4. The van der Waals surface area contributed by atoms with Crippen molar-refractivity contribution in [3.8, 4) is 0 Å². The molecule has 3 aliphatic heterocycles. The lowest BCUT2D eigenvalue weighted by molar-refractivity contribution is -0.143. The molecule has 14 heteroatoms. The Kier molecular flexibility index (Phi) is 9.90. The molecule has 3 saturated carbocycles. The number of benzene rings is 1. The minimum absolute atomic E-state index is 0.00409. The maximum Gasteiger partial charge on any atom is 0.410 e. The summed E-state index contributed by atoms with van der Waals surface area (Å²) in [6.07, 6.45) is 10.9. The minimum Gasteiger partial charge on any atom is -0.444 e. The van der Waals surface area contributed by atoms with Crippen molar-refractivity contribution >= 4 is 45.8 Å². The summed E-state index contributed by atoms with van der Waals surface area (Å²) in [6.45, 7) is 2.45. The average molecular weight is 724 g/mol. The van der Waals surface area contributed by atoms with Crippen LogP contribution in [0, 0.1) is 11.8 Å². The molecule has 1 saturated heterocycles. The van der Waals surface area contributed by atoms with E-state index in [2.05, 4.69) is 27.5 Å². The summed E-state index contributed by atoms with van der Waals surface area (Å²) in [6, 6.07) is 4.02. The Bertz CT molecular complexity index is 1720. The fraction of sp³-hybridized carbons (Fsp3) is 0.649. The van der Waals surface area contributed by atoms with Crippen LogP contribution in [0.5, 0.6) is 0 Å². The number of nitrogens with zero attached hydrogens (tertiary/aromatic N) is 2. The third-order valence-corrected chi connectivity index (χ3v) is 13.5. The molecule has 0 unspecified atom stereocenters. The van der Waals surface area contributed by atoms with Crippen LogP contribution in [0.3, 0.4) is 0 Å². The molecule has 0 radical (unpaired) electrons. The van der Waals surface area contributed by atoms with Crippen LogP contribution in [0.1, 0.15) is 107 Å². The van der Waals surface area contributed by atoms with Crippen LogP contribution in [0.15, 0.2) is 24.3 Å². The normalized spacial score (nSPS) is 31.1. The van der Waals surface area contributed by atoms with Crippen molar-refractivity contribution in [2.45, 2.75) is 132 Å². The number of carbonyl (C=O) groups excluding carboxylic acids is 5. The van der Waals surface area contributed by atoms with Gasteiger partial charge in [0.15, 0.2) is 0 Å². The van der Waals surface area contributed by atoms with E-state index in [0.29, 0.717) is 32.4 Å². The van der Waals surface area contributed by atoms with Gasteiger partial charge in [0.1, 0.15) is 23.7 Å². The predicted octanol–water partition coefficient (Wildman–Crippen LogP) is 3.26. The zero-order valence-corrected chi connectivity index (χ0v) is 30.0. The zero-order chi connectivity index (χ0) is 35.9. The number of allylic oxidation sites excluding steroid dienone is 1. The van der Waals surface area contributed by atoms with E-state index < -0.39 is 62.8 Å². The molecule has 3 heterocycles. The quantitative estimate of drug-likeness (QED) is 0.402. The number of amides is 5. The zero-order valence-electron chi connectivity index (χ0n) is 29.2. The van der Waals surface area contributed by atoms with Gasteiger partial charge in [-0.2, -0.15) is 0 Å². The molecule has 1 aromatic rings. The number of hydrogen-bond donors (Lipinski definition) is 3. The second-order valence-corrected chi connectivity index (χ2v) is 17.4. The maximum absolute atomic E-state index is 14.6. The van der Waals surface area contributed by atoms with Gasteiger partial charge in [0.25, 0.3) is 5.91 Å². The topological polar surface area (TPSA) is 171 Å². The molecule has 5 amide bonds. The molecule has 3 aliphatic carbocycles. The van der Waals surface area contributed by atoms with Crippen LogP contribution in [-0.2, 0) is 47.0 Å². The van der Waals surface area contributed by atoms with Crippen LogP contribution in [0.2, 0.25) is 0 Å². The van der Waals surface area contributed by atoms with Crippen LogP contribution >= 0.6 is 0 Å². The lowest BCUT2D eigenvalue weighted by Crippen LogP contribution is -2.59. The van der Waals surface area contributed by atoms with Gasteiger partial charge in [0.2, 0.25) is 27.7 Å². The van der Waals surface area contributed by atoms with Gasteiger partial charge in [0.05, 0.1) is 18.3 Å². The van der Waals surface area contributed by atoms with E-state index in [0.717, 1.165) is 61.6 Å². The number of ether oxygens (including phenoxy) is 1. The number of rotatable bonds is 6. The Morgan fingerprint density at radius 3 is 2.49 bits per heavy atom. The van der Waals surface area contributed by atoms with Crippen LogP contribution in [-0.4, -0.2) is 83.5 Å². The van der Waals surface area contributed by atoms with E-state index in [4.69, 9.17) is 4.74 Å². The van der Waals surface area contributed by atoms with E-state index in [9.17, 15) is 32.4 Å². The first-order valence-corrected chi connectivity index (χ1v) is 20.2. The van der Waals surface area contributed by atoms with Gasteiger partial charge in [-0.05, 0) is 79.9 Å². The molecule has 6 aliphatic rings. The molecule has 276 valence electrons. The highest BCUT2D eigenvalue weighted by molar-refractivity contribution is 7.91. The van der Waals surface area contributed by atoms with E-state index >= 15 is 0 Å².